The van der Waals surface area contributed by atoms with Crippen molar-refractivity contribution in [1.82, 2.24) is 0 Å². The van der Waals surface area contributed by atoms with E-state index in [1.165, 1.54) is 31.2 Å². The number of nitro groups is 1. The maximum atomic E-state index is 12.6. The number of benzene rings is 2. The Morgan fingerprint density at radius 1 is 1.27 bits per heavy atom. The van der Waals surface area contributed by atoms with E-state index >= 15 is 0 Å². The van der Waals surface area contributed by atoms with E-state index < -0.39 is 44.3 Å². The van der Waals surface area contributed by atoms with Crippen molar-refractivity contribution in [1.29, 1.82) is 0 Å². The molecule has 0 aromatic heterocycles. The number of hydrogen-bond donors (Lipinski definition) is 2. The van der Waals surface area contributed by atoms with Gasteiger partial charge in [-0.05, 0) is 31.2 Å². The van der Waals surface area contributed by atoms with E-state index in [1.807, 2.05) is 0 Å². The summed E-state index contributed by atoms with van der Waals surface area (Å²) in [7, 11) is -3.87. The molecular weight excluding hydrogens is 484 g/mol. The molecule has 12 nitrogen and oxygen atoms in total. The first-order valence-corrected chi connectivity index (χ1v) is 11.2. The van der Waals surface area contributed by atoms with Crippen LogP contribution in [0, 0.1) is 10.1 Å². The Kier molecular flexibility index (Phi) is 5.40. The van der Waals surface area contributed by atoms with Crippen LogP contribution in [-0.4, -0.2) is 53.3 Å². The van der Waals surface area contributed by atoms with Crippen LogP contribution in [0.1, 0.15) is 18.5 Å². The highest BCUT2D eigenvalue weighted by atomic mass is 35.5. The van der Waals surface area contributed by atoms with Crippen LogP contribution in [0.4, 0.5) is 11.4 Å². The fourth-order valence-corrected chi connectivity index (χ4v) is 4.88. The first-order chi connectivity index (χ1) is 15.4. The van der Waals surface area contributed by atoms with Gasteiger partial charge < -0.3 is 24.2 Å². The van der Waals surface area contributed by atoms with Gasteiger partial charge in [0.15, 0.2) is 0 Å². The number of esters is 1. The van der Waals surface area contributed by atoms with Crippen molar-refractivity contribution in [3.8, 4) is 11.5 Å². The lowest BCUT2D eigenvalue weighted by Crippen LogP contribution is -2.61. The van der Waals surface area contributed by atoms with Crippen molar-refractivity contribution >= 4 is 39.1 Å². The van der Waals surface area contributed by atoms with Crippen molar-refractivity contribution < 1.29 is 42.0 Å². The summed E-state index contributed by atoms with van der Waals surface area (Å²) in [5.41, 5.74) is -4.46. The van der Waals surface area contributed by atoms with Gasteiger partial charge in [-0.15, -0.1) is 0 Å². The summed E-state index contributed by atoms with van der Waals surface area (Å²) >= 11 is 6.08. The lowest BCUT2D eigenvalue weighted by atomic mass is 9.84. The Morgan fingerprint density at radius 2 is 1.94 bits per heavy atom. The van der Waals surface area contributed by atoms with E-state index in [0.29, 0.717) is 0 Å². The molecule has 0 fully saturated rings. The Balaban J connectivity index is 2.01. The normalized spacial score (nSPS) is 26.0. The molecule has 0 radical (unpaired) electrons. The van der Waals surface area contributed by atoms with Crippen molar-refractivity contribution in [3.63, 3.8) is 0 Å². The minimum absolute atomic E-state index is 0.00692. The molecule has 4 rings (SSSR count). The van der Waals surface area contributed by atoms with E-state index in [0.717, 1.165) is 24.1 Å². The molecule has 14 heteroatoms. The highest BCUT2D eigenvalue weighted by Crippen LogP contribution is 2.51. The van der Waals surface area contributed by atoms with Crippen molar-refractivity contribution in [3.05, 3.63) is 57.1 Å². The highest BCUT2D eigenvalue weighted by Gasteiger charge is 2.58. The average Bonchev–Trinajstić information content (AvgIpc) is 3.12. The zero-order valence-corrected chi connectivity index (χ0v) is 18.6. The fraction of sp³-hybridized carbons (Fsp3) is 0.316. The van der Waals surface area contributed by atoms with Crippen LogP contribution in [-0.2, 0) is 19.6 Å². The number of fused-ring (bicyclic) bond motifs is 2. The van der Waals surface area contributed by atoms with Gasteiger partial charge in [0, 0.05) is 22.7 Å². The molecule has 2 heterocycles. The van der Waals surface area contributed by atoms with E-state index in [4.69, 9.17) is 25.8 Å². The van der Waals surface area contributed by atoms with Gasteiger partial charge >= 0.3 is 21.6 Å². The second kappa shape index (κ2) is 7.73. The summed E-state index contributed by atoms with van der Waals surface area (Å²) in [6.45, 7) is 1.22. The van der Waals surface area contributed by atoms with Crippen LogP contribution in [0.3, 0.4) is 0 Å². The number of aliphatic hydroxyl groups excluding tert-OH is 1. The minimum atomic E-state index is -4.94. The number of halogens is 1. The van der Waals surface area contributed by atoms with Gasteiger partial charge in [0.2, 0.25) is 5.60 Å². The lowest BCUT2D eigenvalue weighted by molar-refractivity contribution is -0.385. The van der Waals surface area contributed by atoms with E-state index in [1.54, 1.807) is 0 Å². The van der Waals surface area contributed by atoms with E-state index in [-0.39, 0.29) is 33.5 Å². The number of ether oxygens (including phenoxy) is 3. The van der Waals surface area contributed by atoms with Gasteiger partial charge in [-0.2, -0.15) is 8.42 Å². The lowest BCUT2D eigenvalue weighted by Gasteiger charge is -2.45. The molecule has 2 N–H and O–H groups in total. The summed E-state index contributed by atoms with van der Waals surface area (Å²) in [6.07, 6.45) is -1.84. The Hall–Kier alpha value is -3.13. The van der Waals surface area contributed by atoms with Crippen molar-refractivity contribution in [2.75, 3.05) is 12.0 Å². The van der Waals surface area contributed by atoms with Gasteiger partial charge in [-0.1, -0.05) is 11.6 Å². The maximum Gasteiger partial charge on any atom is 0.352 e. The predicted molar refractivity (Wildman–Crippen MR) is 113 cm³/mol. The number of anilines is 1. The third-order valence-electron chi connectivity index (χ3n) is 5.51. The zero-order chi connectivity index (χ0) is 24.3. The number of nitro benzene ring substituents is 1. The van der Waals surface area contributed by atoms with Gasteiger partial charge in [-0.25, -0.2) is 4.79 Å². The van der Waals surface area contributed by atoms with Crippen LogP contribution in [0.15, 0.2) is 36.4 Å². The molecule has 2 aliphatic rings. The standard InChI is InChI=1S/C19H17ClN2O10S/c1-19(17(24)30-2)16(23)15(11-8-10(22(25)26)4-6-13(11)32-19)21-12-7-9(20)3-5-14(12)31-18(21)33(27,28)29/h3-8,15-16,18,23H,1-2H3,(H,27,28,29). The Labute approximate surface area is 192 Å². The number of rotatable bonds is 4. The van der Waals surface area contributed by atoms with Crippen LogP contribution in [0.5, 0.6) is 11.5 Å². The first kappa shape index (κ1) is 23.0. The molecular formula is C19H17ClN2O10S. The molecule has 176 valence electrons. The second-order valence-electron chi connectivity index (χ2n) is 7.53. The average molecular weight is 501 g/mol. The topological polar surface area (TPSA) is 166 Å². The molecule has 0 spiro atoms. The summed E-state index contributed by atoms with van der Waals surface area (Å²) < 4.78 is 50.2. The molecule has 2 aromatic rings. The minimum Gasteiger partial charge on any atom is -0.473 e. The molecule has 4 atom stereocenters. The molecule has 33 heavy (non-hydrogen) atoms. The van der Waals surface area contributed by atoms with E-state index in [9.17, 15) is 33.0 Å². The Morgan fingerprint density at radius 3 is 2.55 bits per heavy atom. The van der Waals surface area contributed by atoms with Gasteiger partial charge in [0.05, 0.1) is 23.8 Å². The van der Waals surface area contributed by atoms with Crippen LogP contribution < -0.4 is 14.4 Å². The quantitative estimate of drug-likeness (QED) is 0.273. The van der Waals surface area contributed by atoms with Crippen molar-refractivity contribution in [2.24, 2.45) is 0 Å². The van der Waals surface area contributed by atoms with Crippen molar-refractivity contribution in [2.45, 2.75) is 30.2 Å². The van der Waals surface area contributed by atoms with Crippen LogP contribution in [0.2, 0.25) is 5.02 Å². The summed E-state index contributed by atoms with van der Waals surface area (Å²) in [5, 5.41) is 22.9. The number of hydrogen-bond acceptors (Lipinski definition) is 10. The second-order valence-corrected chi connectivity index (χ2v) is 9.40. The highest BCUT2D eigenvalue weighted by molar-refractivity contribution is 7.86. The maximum absolute atomic E-state index is 12.6. The number of non-ortho nitro benzene ring substituents is 1. The molecule has 0 bridgehead atoms. The molecule has 0 saturated heterocycles. The van der Waals surface area contributed by atoms with Crippen LogP contribution >= 0.6 is 11.6 Å². The molecule has 0 amide bonds. The largest absolute Gasteiger partial charge is 0.473 e. The SMILES string of the molecule is COC(=O)C1(C)Oc2ccc([N+](=O)[O-])cc2C(N2c3cc(Cl)ccc3OC2S(=O)(=O)O)C1O. The number of methoxy groups -OCH3 is 1. The number of nitrogens with zero attached hydrogens (tertiary/aromatic N) is 2. The monoisotopic (exact) mass is 500 g/mol. The smallest absolute Gasteiger partial charge is 0.352 e. The van der Waals surface area contributed by atoms with Crippen LogP contribution in [0.25, 0.3) is 0 Å². The molecule has 2 aromatic carbocycles. The third-order valence-corrected chi connectivity index (χ3v) is 6.58. The molecule has 0 saturated carbocycles. The fourth-order valence-electron chi connectivity index (χ4n) is 3.96. The zero-order valence-electron chi connectivity index (χ0n) is 17.0. The van der Waals surface area contributed by atoms with Gasteiger partial charge in [0.1, 0.15) is 17.6 Å². The number of carbonyl (C=O) groups is 1. The summed E-state index contributed by atoms with van der Waals surface area (Å²) in [6, 6.07) is 6.03. The first-order valence-electron chi connectivity index (χ1n) is 9.33. The molecule has 2 aliphatic heterocycles. The number of aliphatic hydroxyl groups is 1. The van der Waals surface area contributed by atoms with E-state index in [2.05, 4.69) is 0 Å². The molecule has 0 aliphatic carbocycles. The molecule has 4 unspecified atom stereocenters. The van der Waals surface area contributed by atoms with Gasteiger partial charge in [-0.3, -0.25) is 14.7 Å². The number of carbonyl (C=O) groups excluding carboxylic acids is 1. The van der Waals surface area contributed by atoms with Gasteiger partial charge in [0.25, 0.3) is 5.69 Å². The summed E-state index contributed by atoms with van der Waals surface area (Å²) in [4.78, 5) is 24.2. The third kappa shape index (κ3) is 3.62. The predicted octanol–water partition coefficient (Wildman–Crippen LogP) is 2.04. The summed E-state index contributed by atoms with van der Waals surface area (Å²) in [5.74, 6) is -1.03. The Bertz CT molecular complexity index is 1270.